The summed E-state index contributed by atoms with van der Waals surface area (Å²) >= 11 is 0. The van der Waals surface area contributed by atoms with Crippen molar-refractivity contribution in [2.45, 2.75) is 6.92 Å². The molecule has 1 aliphatic rings. The molecule has 0 aromatic heterocycles. The Morgan fingerprint density at radius 2 is 2.17 bits per heavy atom. The number of amides is 3. The van der Waals surface area contributed by atoms with Gasteiger partial charge in [-0.1, -0.05) is 0 Å². The van der Waals surface area contributed by atoms with Gasteiger partial charge < -0.3 is 20.5 Å². The van der Waals surface area contributed by atoms with Crippen molar-refractivity contribution in [3.05, 3.63) is 29.3 Å². The van der Waals surface area contributed by atoms with Gasteiger partial charge in [0.1, 0.15) is 0 Å². The largest absolute Gasteiger partial charge is 0.439 e. The summed E-state index contributed by atoms with van der Waals surface area (Å²) in [5.74, 6) is -0.574. The summed E-state index contributed by atoms with van der Waals surface area (Å²) in [5.41, 5.74) is 7.61. The van der Waals surface area contributed by atoms with Crippen molar-refractivity contribution >= 4 is 23.6 Å². The number of nitrogens with two attached hydrogens (primary N) is 1. The third kappa shape index (κ3) is 4.43. The first-order chi connectivity index (χ1) is 11.0. The fraction of sp³-hybridized carbons (Fsp3) is 0.400. The molecule has 8 nitrogen and oxygen atoms in total. The van der Waals surface area contributed by atoms with Crippen LogP contribution in [0.2, 0.25) is 0 Å². The van der Waals surface area contributed by atoms with Gasteiger partial charge >= 0.3 is 6.09 Å². The smallest absolute Gasteiger partial charge is 0.417 e. The molecule has 3 N–H and O–H groups in total. The van der Waals surface area contributed by atoms with Crippen LogP contribution in [0.4, 0.5) is 10.5 Å². The number of hydrogen-bond donors (Lipinski definition) is 2. The maximum absolute atomic E-state index is 12.0. The minimum Gasteiger partial charge on any atom is -0.439 e. The van der Waals surface area contributed by atoms with Crippen LogP contribution in [0.3, 0.4) is 0 Å². The quantitative estimate of drug-likeness (QED) is 0.552. The van der Waals surface area contributed by atoms with Gasteiger partial charge in [-0.2, -0.15) is 0 Å². The molecule has 1 fully saturated rings. The van der Waals surface area contributed by atoms with E-state index in [9.17, 15) is 14.4 Å². The van der Waals surface area contributed by atoms with E-state index in [4.69, 9.17) is 10.5 Å². The monoisotopic (exact) mass is 321 g/mol. The summed E-state index contributed by atoms with van der Waals surface area (Å²) in [6.45, 7) is 2.53. The Kier molecular flexibility index (Phi) is 5.53. The molecular formula is C15H19N3O5. The summed E-state index contributed by atoms with van der Waals surface area (Å²) in [6, 6.07) is 5.08. The van der Waals surface area contributed by atoms with Crippen LogP contribution in [0.5, 0.6) is 0 Å². The van der Waals surface area contributed by atoms with Gasteiger partial charge in [0.05, 0.1) is 19.8 Å². The molecule has 0 aliphatic carbocycles. The van der Waals surface area contributed by atoms with Crippen LogP contribution in [0, 0.1) is 6.92 Å². The third-order valence-corrected chi connectivity index (χ3v) is 3.33. The molecule has 8 heteroatoms. The molecule has 1 saturated heterocycles. The molecule has 0 unspecified atom stereocenters. The van der Waals surface area contributed by atoms with Crippen molar-refractivity contribution in [1.82, 2.24) is 10.2 Å². The van der Waals surface area contributed by atoms with Crippen molar-refractivity contribution < 1.29 is 23.9 Å². The molecular weight excluding hydrogens is 302 g/mol. The molecule has 0 spiro atoms. The maximum Gasteiger partial charge on any atom is 0.417 e. The number of nitrogens with one attached hydrogen (secondary N) is 1. The van der Waals surface area contributed by atoms with Crippen molar-refractivity contribution in [2.24, 2.45) is 0 Å². The molecule has 1 heterocycles. The topological polar surface area (TPSA) is 111 Å². The number of rotatable bonds is 7. The van der Waals surface area contributed by atoms with Crippen LogP contribution in [-0.4, -0.2) is 55.7 Å². The minimum absolute atomic E-state index is 0.142. The highest BCUT2D eigenvalue weighted by atomic mass is 16.6. The SMILES string of the molecule is Cc1cc(N)ccc1C(=O)NCCOCCN1C(=O)COC1=O. The van der Waals surface area contributed by atoms with Crippen LogP contribution < -0.4 is 11.1 Å². The van der Waals surface area contributed by atoms with E-state index in [-0.39, 0.29) is 38.2 Å². The van der Waals surface area contributed by atoms with Crippen LogP contribution in [-0.2, 0) is 14.3 Å². The number of cyclic esters (lactones) is 1. The van der Waals surface area contributed by atoms with E-state index in [0.29, 0.717) is 17.8 Å². The zero-order chi connectivity index (χ0) is 16.8. The van der Waals surface area contributed by atoms with E-state index in [1.54, 1.807) is 18.2 Å². The number of imide groups is 1. The zero-order valence-electron chi connectivity index (χ0n) is 12.8. The Bertz CT molecular complexity index is 601. The van der Waals surface area contributed by atoms with E-state index in [2.05, 4.69) is 10.1 Å². The van der Waals surface area contributed by atoms with Gasteiger partial charge in [0.25, 0.3) is 11.8 Å². The molecule has 1 aliphatic heterocycles. The molecule has 0 atom stereocenters. The van der Waals surface area contributed by atoms with Crippen LogP contribution in [0.15, 0.2) is 18.2 Å². The molecule has 2 rings (SSSR count). The minimum atomic E-state index is -0.647. The van der Waals surface area contributed by atoms with E-state index in [1.807, 2.05) is 6.92 Å². The number of carbonyl (C=O) groups is 3. The molecule has 1 aromatic carbocycles. The Labute approximate surface area is 133 Å². The predicted octanol–water partition coefficient (Wildman–Crippen LogP) is 0.302. The Hall–Kier alpha value is -2.61. The van der Waals surface area contributed by atoms with E-state index in [1.165, 1.54) is 0 Å². The normalized spacial score (nSPS) is 14.0. The number of aryl methyl sites for hydroxylation is 1. The highest BCUT2D eigenvalue weighted by molar-refractivity contribution is 5.97. The maximum atomic E-state index is 12.0. The van der Waals surface area contributed by atoms with Crippen LogP contribution >= 0.6 is 0 Å². The fourth-order valence-electron chi connectivity index (χ4n) is 2.13. The molecule has 0 bridgehead atoms. The van der Waals surface area contributed by atoms with Gasteiger partial charge in [-0.05, 0) is 30.7 Å². The first-order valence-electron chi connectivity index (χ1n) is 7.18. The molecule has 0 saturated carbocycles. The number of ether oxygens (including phenoxy) is 2. The number of nitrogens with zero attached hydrogens (tertiary/aromatic N) is 1. The first kappa shape index (κ1) is 16.8. The Morgan fingerprint density at radius 1 is 1.39 bits per heavy atom. The lowest BCUT2D eigenvalue weighted by molar-refractivity contribution is -0.126. The van der Waals surface area contributed by atoms with Crippen LogP contribution in [0.1, 0.15) is 15.9 Å². The second-order valence-electron chi connectivity index (χ2n) is 5.04. The van der Waals surface area contributed by atoms with Crippen molar-refractivity contribution in [2.75, 3.05) is 38.6 Å². The average molecular weight is 321 g/mol. The van der Waals surface area contributed by atoms with Gasteiger partial charge in [0, 0.05) is 17.8 Å². The van der Waals surface area contributed by atoms with Gasteiger partial charge in [-0.25, -0.2) is 9.69 Å². The molecule has 1 aromatic rings. The summed E-state index contributed by atoms with van der Waals surface area (Å²) in [4.78, 5) is 35.4. The highest BCUT2D eigenvalue weighted by Gasteiger charge is 2.30. The molecule has 124 valence electrons. The number of carbonyl (C=O) groups excluding carboxylic acids is 3. The number of anilines is 1. The fourth-order valence-corrected chi connectivity index (χ4v) is 2.13. The highest BCUT2D eigenvalue weighted by Crippen LogP contribution is 2.12. The summed E-state index contributed by atoms with van der Waals surface area (Å²) in [6.07, 6.45) is -0.647. The second kappa shape index (κ2) is 7.59. The standard InChI is InChI=1S/C15H19N3O5/c1-10-8-11(16)2-3-12(10)14(20)17-4-6-22-7-5-18-13(19)9-23-15(18)21/h2-3,8H,4-7,9,16H2,1H3,(H,17,20). The van der Waals surface area contributed by atoms with Crippen LogP contribution in [0.25, 0.3) is 0 Å². The summed E-state index contributed by atoms with van der Waals surface area (Å²) < 4.78 is 9.86. The van der Waals surface area contributed by atoms with E-state index < -0.39 is 6.09 Å². The number of nitrogen functional groups attached to an aromatic ring is 1. The lowest BCUT2D eigenvalue weighted by Crippen LogP contribution is -2.33. The van der Waals surface area contributed by atoms with Crippen molar-refractivity contribution in [1.29, 1.82) is 0 Å². The first-order valence-corrected chi connectivity index (χ1v) is 7.18. The zero-order valence-corrected chi connectivity index (χ0v) is 12.8. The van der Waals surface area contributed by atoms with Crippen molar-refractivity contribution in [3.63, 3.8) is 0 Å². The third-order valence-electron chi connectivity index (χ3n) is 3.33. The molecule has 3 amide bonds. The second-order valence-corrected chi connectivity index (χ2v) is 5.04. The Morgan fingerprint density at radius 3 is 2.83 bits per heavy atom. The number of hydrogen-bond acceptors (Lipinski definition) is 6. The lowest BCUT2D eigenvalue weighted by Gasteiger charge is -2.11. The average Bonchev–Trinajstić information content (AvgIpc) is 2.82. The molecule has 0 radical (unpaired) electrons. The number of benzene rings is 1. The van der Waals surface area contributed by atoms with Gasteiger partial charge in [-0.3, -0.25) is 9.59 Å². The lowest BCUT2D eigenvalue weighted by atomic mass is 10.1. The predicted molar refractivity (Wildman–Crippen MR) is 81.8 cm³/mol. The Balaban J connectivity index is 1.64. The van der Waals surface area contributed by atoms with E-state index >= 15 is 0 Å². The van der Waals surface area contributed by atoms with Gasteiger partial charge in [0.15, 0.2) is 6.61 Å². The summed E-state index contributed by atoms with van der Waals surface area (Å²) in [7, 11) is 0. The molecule has 23 heavy (non-hydrogen) atoms. The summed E-state index contributed by atoms with van der Waals surface area (Å²) in [5, 5.41) is 2.73. The van der Waals surface area contributed by atoms with E-state index in [0.717, 1.165) is 10.5 Å². The van der Waals surface area contributed by atoms with Crippen molar-refractivity contribution in [3.8, 4) is 0 Å². The van der Waals surface area contributed by atoms with Gasteiger partial charge in [0.2, 0.25) is 0 Å². The van der Waals surface area contributed by atoms with Gasteiger partial charge in [-0.15, -0.1) is 0 Å².